The molecule has 2 rings (SSSR count). The Hall–Kier alpha value is -2.19. The molecule has 1 atom stereocenters. The normalized spacial score (nSPS) is 15.4. The van der Waals surface area contributed by atoms with Crippen molar-refractivity contribution >= 4 is 21.8 Å². The third-order valence-corrected chi connectivity index (χ3v) is 6.68. The molecule has 0 radical (unpaired) electrons. The van der Waals surface area contributed by atoms with Gasteiger partial charge in [0, 0.05) is 20.1 Å². The fraction of sp³-hybridized carbons (Fsp3) is 0.545. The minimum absolute atomic E-state index is 0.233. The summed E-state index contributed by atoms with van der Waals surface area (Å²) < 4.78 is 24.4. The van der Waals surface area contributed by atoms with Gasteiger partial charge in [0.05, 0.1) is 12.8 Å². The zero-order valence-electron chi connectivity index (χ0n) is 18.1. The minimum atomic E-state index is -3.50. The molecule has 1 aliphatic carbocycles. The molecule has 1 aromatic rings. The second kappa shape index (κ2) is 11.3. The van der Waals surface area contributed by atoms with Gasteiger partial charge in [0.15, 0.2) is 0 Å². The average Bonchev–Trinajstić information content (AvgIpc) is 2.72. The first kappa shape index (κ1) is 24.1. The van der Waals surface area contributed by atoms with Gasteiger partial charge in [-0.05, 0) is 44.6 Å². The van der Waals surface area contributed by atoms with Crippen LogP contribution in [0.4, 0.5) is 0 Å². The van der Waals surface area contributed by atoms with Crippen molar-refractivity contribution in [3.63, 3.8) is 0 Å². The van der Waals surface area contributed by atoms with Gasteiger partial charge in [-0.25, -0.2) is 8.42 Å². The standard InChI is InChI=1S/C22H33N3O4S/c1-18(22(27)23-15-14-19-10-6-4-7-11-19)25(16-20-12-8-5-9-13-20)21(26)17-24(2)30(3,28)29/h5,8-10,12-13,18H,4,6-7,11,14-17H2,1-3H3,(H,23,27)/t18-/m1/s1. The lowest BCUT2D eigenvalue weighted by Crippen LogP contribution is -2.50. The van der Waals surface area contributed by atoms with E-state index in [0.29, 0.717) is 6.54 Å². The van der Waals surface area contributed by atoms with Gasteiger partial charge in [-0.1, -0.05) is 42.0 Å². The fourth-order valence-corrected chi connectivity index (χ4v) is 3.73. The van der Waals surface area contributed by atoms with Crippen molar-refractivity contribution in [2.75, 3.05) is 26.4 Å². The zero-order chi connectivity index (χ0) is 22.1. The molecule has 30 heavy (non-hydrogen) atoms. The van der Waals surface area contributed by atoms with Gasteiger partial charge in [-0.15, -0.1) is 0 Å². The van der Waals surface area contributed by atoms with Crippen molar-refractivity contribution in [1.29, 1.82) is 0 Å². The number of carbonyl (C=O) groups excluding carboxylic acids is 2. The molecule has 2 amide bonds. The van der Waals surface area contributed by atoms with Crippen LogP contribution in [0.15, 0.2) is 42.0 Å². The van der Waals surface area contributed by atoms with Crippen molar-refractivity contribution in [2.24, 2.45) is 0 Å². The van der Waals surface area contributed by atoms with E-state index >= 15 is 0 Å². The SMILES string of the molecule is C[C@H](C(=O)NCCC1=CCCCC1)N(Cc1ccccc1)C(=O)CN(C)S(C)(=O)=O. The predicted octanol–water partition coefficient (Wildman–Crippen LogP) is 2.30. The number of carbonyl (C=O) groups is 2. The highest BCUT2D eigenvalue weighted by Gasteiger charge is 2.28. The highest BCUT2D eigenvalue weighted by atomic mass is 32.2. The van der Waals surface area contributed by atoms with Crippen LogP contribution in [0.2, 0.25) is 0 Å². The summed E-state index contributed by atoms with van der Waals surface area (Å²) in [5.74, 6) is -0.651. The lowest BCUT2D eigenvalue weighted by molar-refractivity contribution is -0.140. The molecule has 1 aliphatic rings. The number of hydrogen-bond acceptors (Lipinski definition) is 4. The summed E-state index contributed by atoms with van der Waals surface area (Å²) in [5, 5.41) is 2.93. The molecule has 0 bridgehead atoms. The van der Waals surface area contributed by atoms with Crippen molar-refractivity contribution in [3.8, 4) is 0 Å². The van der Waals surface area contributed by atoms with E-state index in [-0.39, 0.29) is 19.0 Å². The van der Waals surface area contributed by atoms with Crippen LogP contribution in [0.5, 0.6) is 0 Å². The number of sulfonamides is 1. The minimum Gasteiger partial charge on any atom is -0.354 e. The molecule has 1 N–H and O–H groups in total. The third-order valence-electron chi connectivity index (χ3n) is 5.42. The largest absolute Gasteiger partial charge is 0.354 e. The smallest absolute Gasteiger partial charge is 0.242 e. The zero-order valence-corrected chi connectivity index (χ0v) is 19.0. The monoisotopic (exact) mass is 435 g/mol. The van der Waals surface area contributed by atoms with E-state index in [1.807, 2.05) is 30.3 Å². The summed E-state index contributed by atoms with van der Waals surface area (Å²) in [5.41, 5.74) is 2.25. The summed E-state index contributed by atoms with van der Waals surface area (Å²) in [7, 11) is -2.14. The maximum atomic E-state index is 12.9. The summed E-state index contributed by atoms with van der Waals surface area (Å²) >= 11 is 0. The molecular formula is C22H33N3O4S. The van der Waals surface area contributed by atoms with E-state index in [4.69, 9.17) is 0 Å². The Kier molecular flexibility index (Phi) is 9.05. The molecule has 166 valence electrons. The molecule has 0 spiro atoms. The van der Waals surface area contributed by atoms with Crippen LogP contribution >= 0.6 is 0 Å². The summed E-state index contributed by atoms with van der Waals surface area (Å²) in [6, 6.07) is 8.64. The molecule has 8 heteroatoms. The Morgan fingerprint density at radius 2 is 1.87 bits per heavy atom. The topological polar surface area (TPSA) is 86.8 Å². The number of nitrogens with zero attached hydrogens (tertiary/aromatic N) is 2. The lowest BCUT2D eigenvalue weighted by Gasteiger charge is -2.30. The fourth-order valence-electron chi connectivity index (χ4n) is 3.39. The van der Waals surface area contributed by atoms with Crippen LogP contribution in [0.1, 0.15) is 44.6 Å². The molecule has 0 fully saturated rings. The van der Waals surface area contributed by atoms with Gasteiger partial charge in [-0.2, -0.15) is 4.31 Å². The first-order valence-electron chi connectivity index (χ1n) is 10.4. The maximum Gasteiger partial charge on any atom is 0.242 e. The molecule has 0 aromatic heterocycles. The van der Waals surface area contributed by atoms with Crippen LogP contribution < -0.4 is 5.32 Å². The predicted molar refractivity (Wildman–Crippen MR) is 118 cm³/mol. The quantitative estimate of drug-likeness (QED) is 0.572. The Bertz CT molecular complexity index is 852. The van der Waals surface area contributed by atoms with E-state index in [9.17, 15) is 18.0 Å². The van der Waals surface area contributed by atoms with Crippen LogP contribution in [-0.4, -0.2) is 61.9 Å². The van der Waals surface area contributed by atoms with Crippen molar-refractivity contribution in [3.05, 3.63) is 47.5 Å². The highest BCUT2D eigenvalue weighted by Crippen LogP contribution is 2.19. The van der Waals surface area contributed by atoms with E-state index in [2.05, 4.69) is 11.4 Å². The average molecular weight is 436 g/mol. The number of rotatable bonds is 10. The van der Waals surface area contributed by atoms with Crippen LogP contribution in [0.3, 0.4) is 0 Å². The molecule has 0 saturated heterocycles. The molecule has 0 heterocycles. The first-order chi connectivity index (χ1) is 14.2. The Balaban J connectivity index is 2.04. The highest BCUT2D eigenvalue weighted by molar-refractivity contribution is 7.88. The Labute approximate surface area is 180 Å². The number of likely N-dealkylation sites (N-methyl/N-ethyl adjacent to an activating group) is 1. The number of hydrogen-bond donors (Lipinski definition) is 1. The molecule has 7 nitrogen and oxygen atoms in total. The number of allylic oxidation sites excluding steroid dienone is 1. The number of benzene rings is 1. The number of amides is 2. The van der Waals surface area contributed by atoms with Crippen LogP contribution in [0.25, 0.3) is 0 Å². The summed E-state index contributed by atoms with van der Waals surface area (Å²) in [6.45, 7) is 2.13. The molecule has 1 aromatic carbocycles. The van der Waals surface area contributed by atoms with E-state index in [0.717, 1.165) is 35.4 Å². The van der Waals surface area contributed by atoms with Crippen LogP contribution in [0, 0.1) is 0 Å². The van der Waals surface area contributed by atoms with Crippen molar-refractivity contribution in [2.45, 2.75) is 51.6 Å². The molecule has 0 aliphatic heterocycles. The Morgan fingerprint density at radius 3 is 2.47 bits per heavy atom. The number of nitrogens with one attached hydrogen (secondary N) is 1. The van der Waals surface area contributed by atoms with Gasteiger partial charge in [0.25, 0.3) is 0 Å². The second-order valence-corrected chi connectivity index (χ2v) is 9.94. The van der Waals surface area contributed by atoms with Gasteiger partial charge in [0.1, 0.15) is 6.04 Å². The summed E-state index contributed by atoms with van der Waals surface area (Å²) in [6.07, 6.45) is 8.74. The van der Waals surface area contributed by atoms with Crippen molar-refractivity contribution < 1.29 is 18.0 Å². The van der Waals surface area contributed by atoms with E-state index in [1.165, 1.54) is 30.4 Å². The van der Waals surface area contributed by atoms with Gasteiger partial charge in [-0.3, -0.25) is 9.59 Å². The van der Waals surface area contributed by atoms with Crippen molar-refractivity contribution in [1.82, 2.24) is 14.5 Å². The maximum absolute atomic E-state index is 12.9. The molecule has 0 saturated carbocycles. The van der Waals surface area contributed by atoms with Gasteiger partial charge >= 0.3 is 0 Å². The van der Waals surface area contributed by atoms with E-state index in [1.54, 1.807) is 6.92 Å². The van der Waals surface area contributed by atoms with Gasteiger partial charge < -0.3 is 10.2 Å². The Morgan fingerprint density at radius 1 is 1.17 bits per heavy atom. The molecule has 0 unspecified atom stereocenters. The lowest BCUT2D eigenvalue weighted by atomic mass is 9.97. The molecular weight excluding hydrogens is 402 g/mol. The van der Waals surface area contributed by atoms with E-state index < -0.39 is 22.0 Å². The first-order valence-corrected chi connectivity index (χ1v) is 12.2. The van der Waals surface area contributed by atoms with Gasteiger partial charge in [0.2, 0.25) is 21.8 Å². The third kappa shape index (κ3) is 7.57. The second-order valence-electron chi connectivity index (χ2n) is 7.85. The van der Waals surface area contributed by atoms with Crippen LogP contribution in [-0.2, 0) is 26.2 Å². The summed E-state index contributed by atoms with van der Waals surface area (Å²) in [4.78, 5) is 27.1.